The predicted molar refractivity (Wildman–Crippen MR) is 91.8 cm³/mol. The number of hydrogen-bond acceptors (Lipinski definition) is 5. The van der Waals surface area contributed by atoms with Crippen molar-refractivity contribution in [3.8, 4) is 0 Å². The van der Waals surface area contributed by atoms with Gasteiger partial charge in [-0.15, -0.1) is 23.1 Å². The summed E-state index contributed by atoms with van der Waals surface area (Å²) in [5, 5.41) is 2.88. The van der Waals surface area contributed by atoms with Crippen molar-refractivity contribution >= 4 is 41.0 Å². The molecule has 1 fully saturated rings. The second-order valence-corrected chi connectivity index (χ2v) is 7.55. The minimum absolute atomic E-state index is 0.00579. The Balaban J connectivity index is 2.05. The quantitative estimate of drug-likeness (QED) is 0.790. The monoisotopic (exact) mass is 339 g/mol. The Hall–Kier alpha value is -1.34. The van der Waals surface area contributed by atoms with Crippen LogP contribution in [0.25, 0.3) is 6.08 Å². The van der Waals surface area contributed by atoms with Gasteiger partial charge < -0.3 is 9.80 Å². The lowest BCUT2D eigenvalue weighted by Crippen LogP contribution is -2.49. The molecule has 0 spiro atoms. The average molecular weight is 339 g/mol. The van der Waals surface area contributed by atoms with E-state index < -0.39 is 0 Å². The van der Waals surface area contributed by atoms with E-state index in [1.165, 1.54) is 6.08 Å². The molecular formula is C15H21N3O2S2. The molecule has 1 aliphatic heterocycles. The fraction of sp³-hybridized carbons (Fsp3) is 0.533. The van der Waals surface area contributed by atoms with Crippen molar-refractivity contribution in [2.45, 2.75) is 32.9 Å². The van der Waals surface area contributed by atoms with Gasteiger partial charge in [0, 0.05) is 30.3 Å². The largest absolute Gasteiger partial charge is 0.342 e. The van der Waals surface area contributed by atoms with Gasteiger partial charge in [-0.2, -0.15) is 0 Å². The summed E-state index contributed by atoms with van der Waals surface area (Å²) in [6.45, 7) is 5.87. The van der Waals surface area contributed by atoms with Crippen LogP contribution in [0.3, 0.4) is 0 Å². The lowest BCUT2D eigenvalue weighted by molar-refractivity contribution is -0.141. The SMILES string of the molecule is Cc1nc(/C=C\C(=O)N2CSC[C@H]2C(=O)N(C)C(C)C)cs1. The van der Waals surface area contributed by atoms with Gasteiger partial charge in [-0.25, -0.2) is 4.98 Å². The van der Waals surface area contributed by atoms with Crippen molar-refractivity contribution in [3.05, 3.63) is 22.2 Å². The second-order valence-electron chi connectivity index (χ2n) is 5.49. The van der Waals surface area contributed by atoms with Gasteiger partial charge >= 0.3 is 0 Å². The first-order valence-electron chi connectivity index (χ1n) is 7.15. The highest BCUT2D eigenvalue weighted by Gasteiger charge is 2.35. The molecule has 5 nitrogen and oxygen atoms in total. The summed E-state index contributed by atoms with van der Waals surface area (Å²) in [5.74, 6) is 1.09. The van der Waals surface area contributed by atoms with Crippen molar-refractivity contribution in [2.75, 3.05) is 18.7 Å². The van der Waals surface area contributed by atoms with Gasteiger partial charge in [0.1, 0.15) is 6.04 Å². The number of carbonyl (C=O) groups is 2. The van der Waals surface area contributed by atoms with E-state index in [-0.39, 0.29) is 23.9 Å². The Kier molecular flexibility index (Phi) is 5.63. The fourth-order valence-electron chi connectivity index (χ4n) is 2.06. The van der Waals surface area contributed by atoms with Crippen LogP contribution >= 0.6 is 23.1 Å². The van der Waals surface area contributed by atoms with E-state index >= 15 is 0 Å². The van der Waals surface area contributed by atoms with Crippen LogP contribution in [0.2, 0.25) is 0 Å². The topological polar surface area (TPSA) is 53.5 Å². The fourth-order valence-corrected chi connectivity index (χ4v) is 3.80. The zero-order chi connectivity index (χ0) is 16.3. The molecular weight excluding hydrogens is 318 g/mol. The zero-order valence-electron chi connectivity index (χ0n) is 13.3. The number of carbonyl (C=O) groups excluding carboxylic acids is 2. The third-order valence-electron chi connectivity index (χ3n) is 3.61. The van der Waals surface area contributed by atoms with Gasteiger partial charge in [-0.1, -0.05) is 0 Å². The molecule has 1 aromatic rings. The summed E-state index contributed by atoms with van der Waals surface area (Å²) in [5.41, 5.74) is 0.782. The van der Waals surface area contributed by atoms with Crippen LogP contribution in [0.15, 0.2) is 11.5 Å². The van der Waals surface area contributed by atoms with Crippen LogP contribution in [0, 0.1) is 6.92 Å². The molecule has 7 heteroatoms. The number of aryl methyl sites for hydroxylation is 1. The van der Waals surface area contributed by atoms with E-state index in [4.69, 9.17) is 0 Å². The van der Waals surface area contributed by atoms with Gasteiger partial charge in [0.15, 0.2) is 0 Å². The van der Waals surface area contributed by atoms with E-state index in [0.717, 1.165) is 10.7 Å². The number of thioether (sulfide) groups is 1. The molecule has 2 heterocycles. The highest BCUT2D eigenvalue weighted by atomic mass is 32.2. The third-order valence-corrected chi connectivity index (χ3v) is 5.41. The highest BCUT2D eigenvalue weighted by molar-refractivity contribution is 7.99. The van der Waals surface area contributed by atoms with Crippen LogP contribution in [0.4, 0.5) is 0 Å². The van der Waals surface area contributed by atoms with Crippen LogP contribution in [-0.2, 0) is 9.59 Å². The number of thiazole rings is 1. The maximum atomic E-state index is 12.5. The molecule has 0 N–H and O–H groups in total. The summed E-state index contributed by atoms with van der Waals surface area (Å²) in [7, 11) is 1.78. The first kappa shape index (κ1) is 17.0. The second kappa shape index (κ2) is 7.28. The minimum Gasteiger partial charge on any atom is -0.342 e. The van der Waals surface area contributed by atoms with Gasteiger partial charge in [0.05, 0.1) is 16.6 Å². The molecule has 2 rings (SSSR count). The molecule has 1 aliphatic rings. The third kappa shape index (κ3) is 3.89. The van der Waals surface area contributed by atoms with Crippen molar-refractivity contribution < 1.29 is 9.59 Å². The number of likely N-dealkylation sites (N-methyl/N-ethyl adjacent to an activating group) is 1. The Bertz CT molecular complexity index is 583. The Morgan fingerprint density at radius 2 is 2.23 bits per heavy atom. The van der Waals surface area contributed by atoms with Crippen LogP contribution in [-0.4, -0.2) is 57.4 Å². The van der Waals surface area contributed by atoms with Crippen LogP contribution in [0.5, 0.6) is 0 Å². The van der Waals surface area contributed by atoms with E-state index in [2.05, 4.69) is 4.98 Å². The van der Waals surface area contributed by atoms with E-state index in [0.29, 0.717) is 11.6 Å². The molecule has 0 bridgehead atoms. The zero-order valence-corrected chi connectivity index (χ0v) is 14.9. The summed E-state index contributed by atoms with van der Waals surface area (Å²) >= 11 is 3.16. The van der Waals surface area contributed by atoms with Crippen molar-refractivity contribution in [1.29, 1.82) is 0 Å². The number of amides is 2. The van der Waals surface area contributed by atoms with Gasteiger partial charge in [-0.3, -0.25) is 9.59 Å². The molecule has 1 aromatic heterocycles. The molecule has 120 valence electrons. The molecule has 0 saturated carbocycles. The lowest BCUT2D eigenvalue weighted by Gasteiger charge is -2.29. The minimum atomic E-state index is -0.369. The molecule has 2 amide bonds. The maximum absolute atomic E-state index is 12.5. The predicted octanol–water partition coefficient (Wildman–Crippen LogP) is 2.23. The molecule has 0 radical (unpaired) electrons. The van der Waals surface area contributed by atoms with E-state index in [9.17, 15) is 9.59 Å². The number of aromatic nitrogens is 1. The van der Waals surface area contributed by atoms with Gasteiger partial charge in [0.2, 0.25) is 11.8 Å². The van der Waals surface area contributed by atoms with Crippen LogP contribution < -0.4 is 0 Å². The highest BCUT2D eigenvalue weighted by Crippen LogP contribution is 2.23. The summed E-state index contributed by atoms with van der Waals surface area (Å²) in [6.07, 6.45) is 3.22. The van der Waals surface area contributed by atoms with E-state index in [1.54, 1.807) is 46.0 Å². The van der Waals surface area contributed by atoms with E-state index in [1.807, 2.05) is 26.2 Å². The maximum Gasteiger partial charge on any atom is 0.248 e. The number of rotatable bonds is 4. The van der Waals surface area contributed by atoms with Crippen LogP contribution in [0.1, 0.15) is 24.5 Å². The number of nitrogens with zero attached hydrogens (tertiary/aromatic N) is 3. The normalized spacial score (nSPS) is 18.4. The molecule has 1 saturated heterocycles. The lowest BCUT2D eigenvalue weighted by atomic mass is 10.2. The molecule has 0 unspecified atom stereocenters. The average Bonchev–Trinajstić information content (AvgIpc) is 3.11. The van der Waals surface area contributed by atoms with Crippen molar-refractivity contribution in [1.82, 2.24) is 14.8 Å². The van der Waals surface area contributed by atoms with Gasteiger partial charge in [-0.05, 0) is 26.8 Å². The first-order chi connectivity index (χ1) is 10.4. The Morgan fingerprint density at radius 1 is 1.50 bits per heavy atom. The summed E-state index contributed by atoms with van der Waals surface area (Å²) < 4.78 is 0. The van der Waals surface area contributed by atoms with Crippen molar-refractivity contribution in [3.63, 3.8) is 0 Å². The van der Waals surface area contributed by atoms with Crippen molar-refractivity contribution in [2.24, 2.45) is 0 Å². The Morgan fingerprint density at radius 3 is 2.82 bits per heavy atom. The molecule has 22 heavy (non-hydrogen) atoms. The van der Waals surface area contributed by atoms with Gasteiger partial charge in [0.25, 0.3) is 0 Å². The molecule has 0 aliphatic carbocycles. The standard InChI is InChI=1S/C15H21N3O2S2/c1-10(2)17(4)15(20)13-8-21-9-18(13)14(19)6-5-12-7-22-11(3)16-12/h5-7,10,13H,8-9H2,1-4H3/b6-5-/t13-/m0/s1. The molecule has 0 aromatic carbocycles. The smallest absolute Gasteiger partial charge is 0.248 e. The molecule has 1 atom stereocenters. The summed E-state index contributed by atoms with van der Waals surface area (Å²) in [6, 6.07) is -0.240. The number of hydrogen-bond donors (Lipinski definition) is 0. The summed E-state index contributed by atoms with van der Waals surface area (Å²) in [4.78, 5) is 32.5. The first-order valence-corrected chi connectivity index (χ1v) is 9.19. The Labute approximate surface area is 139 Å².